The van der Waals surface area contributed by atoms with E-state index in [1.165, 1.54) is 6.20 Å². The summed E-state index contributed by atoms with van der Waals surface area (Å²) >= 11 is 0. The second kappa shape index (κ2) is 6.45. The molecule has 2 rings (SSSR count). The Labute approximate surface area is 120 Å². The summed E-state index contributed by atoms with van der Waals surface area (Å²) in [5.41, 5.74) is 6.40. The van der Waals surface area contributed by atoms with Crippen LogP contribution in [-0.4, -0.2) is 34.7 Å². The highest BCUT2D eigenvalue weighted by molar-refractivity contribution is 5.78. The number of hydrogen-bond donors (Lipinski definition) is 2. The molecule has 0 atom stereocenters. The van der Waals surface area contributed by atoms with Crippen LogP contribution in [0.1, 0.15) is 5.56 Å². The summed E-state index contributed by atoms with van der Waals surface area (Å²) in [5, 5.41) is 6.30. The van der Waals surface area contributed by atoms with E-state index >= 15 is 0 Å². The first-order chi connectivity index (χ1) is 10.00. The van der Waals surface area contributed by atoms with Crippen LogP contribution in [-0.2, 0) is 11.2 Å². The van der Waals surface area contributed by atoms with Gasteiger partial charge in [0.05, 0.1) is 31.4 Å². The van der Waals surface area contributed by atoms with E-state index < -0.39 is 24.9 Å². The lowest BCUT2D eigenvalue weighted by Crippen LogP contribution is -2.41. The van der Waals surface area contributed by atoms with Gasteiger partial charge in [0.2, 0.25) is 5.91 Å². The Morgan fingerprint density at radius 2 is 2.05 bits per heavy atom. The van der Waals surface area contributed by atoms with Crippen LogP contribution in [0.5, 0.6) is 0 Å². The predicted octanol–water partition coefficient (Wildman–Crippen LogP) is 1.12. The van der Waals surface area contributed by atoms with Gasteiger partial charge in [-0.05, 0) is 17.7 Å². The zero-order valence-corrected chi connectivity index (χ0v) is 11.3. The lowest BCUT2D eigenvalue weighted by atomic mass is 10.2. The van der Waals surface area contributed by atoms with Crippen molar-refractivity contribution in [1.29, 1.82) is 0 Å². The molecule has 0 unspecified atom stereocenters. The van der Waals surface area contributed by atoms with Gasteiger partial charge < -0.3 is 11.1 Å². The first-order valence-electron chi connectivity index (χ1n) is 6.44. The van der Waals surface area contributed by atoms with E-state index in [0.717, 1.165) is 5.69 Å². The molecule has 0 aliphatic heterocycles. The number of nitrogens with one attached hydrogen (secondary N) is 1. The molecular weight excluding hydrogens is 278 g/mol. The van der Waals surface area contributed by atoms with Gasteiger partial charge in [0.15, 0.2) is 0 Å². The molecule has 0 bridgehead atoms. The second-order valence-electron chi connectivity index (χ2n) is 4.64. The van der Waals surface area contributed by atoms with E-state index in [9.17, 15) is 13.6 Å². The number of alkyl halides is 2. The number of benzene rings is 1. The number of nitrogens with two attached hydrogens (primary N) is 1. The van der Waals surface area contributed by atoms with Crippen LogP contribution in [0.3, 0.4) is 0 Å². The highest BCUT2D eigenvalue weighted by Gasteiger charge is 2.27. The molecule has 1 amide bonds. The smallest absolute Gasteiger partial charge is 0.277 e. The molecule has 5 nitrogen and oxygen atoms in total. The molecule has 0 spiro atoms. The van der Waals surface area contributed by atoms with E-state index in [0.29, 0.717) is 5.56 Å². The molecule has 3 N–H and O–H groups in total. The lowest BCUT2D eigenvalue weighted by Gasteiger charge is -2.14. The van der Waals surface area contributed by atoms with Crippen molar-refractivity contribution in [3.63, 3.8) is 0 Å². The van der Waals surface area contributed by atoms with E-state index in [-0.39, 0.29) is 6.42 Å². The summed E-state index contributed by atoms with van der Waals surface area (Å²) in [5.74, 6) is -3.57. The Hall–Kier alpha value is -2.28. The first kappa shape index (κ1) is 15.1. The maximum atomic E-state index is 12.9. The Kier molecular flexibility index (Phi) is 4.64. The topological polar surface area (TPSA) is 72.9 Å². The van der Waals surface area contributed by atoms with Crippen LogP contribution in [0.4, 0.5) is 8.78 Å². The van der Waals surface area contributed by atoms with Crippen molar-refractivity contribution in [3.05, 3.63) is 48.3 Å². The number of aromatic nitrogens is 2. The van der Waals surface area contributed by atoms with Crippen molar-refractivity contribution in [1.82, 2.24) is 15.1 Å². The highest BCUT2D eigenvalue weighted by Crippen LogP contribution is 2.10. The summed E-state index contributed by atoms with van der Waals surface area (Å²) < 4.78 is 27.5. The van der Waals surface area contributed by atoms with Gasteiger partial charge in [-0.25, -0.2) is 13.5 Å². The average Bonchev–Trinajstić information content (AvgIpc) is 2.95. The summed E-state index contributed by atoms with van der Waals surface area (Å²) in [6.07, 6.45) is 3.22. The van der Waals surface area contributed by atoms with Gasteiger partial charge in [-0.15, -0.1) is 0 Å². The van der Waals surface area contributed by atoms with Crippen molar-refractivity contribution in [3.8, 4) is 5.69 Å². The average molecular weight is 294 g/mol. The molecule has 1 aromatic carbocycles. The maximum Gasteiger partial charge on any atom is 0.277 e. The van der Waals surface area contributed by atoms with Crippen LogP contribution >= 0.6 is 0 Å². The third-order valence-corrected chi connectivity index (χ3v) is 2.86. The Morgan fingerprint density at radius 1 is 1.33 bits per heavy atom. The largest absolute Gasteiger partial charge is 0.350 e. The molecule has 2 aromatic rings. The number of halogens is 2. The van der Waals surface area contributed by atoms with Gasteiger partial charge in [-0.3, -0.25) is 4.79 Å². The Balaban J connectivity index is 1.92. The van der Waals surface area contributed by atoms with Crippen molar-refractivity contribution in [2.45, 2.75) is 12.3 Å². The fraction of sp³-hybridized carbons (Fsp3) is 0.286. The normalized spacial score (nSPS) is 11.4. The molecule has 0 aliphatic carbocycles. The summed E-state index contributed by atoms with van der Waals surface area (Å²) in [4.78, 5) is 11.6. The Morgan fingerprint density at radius 3 is 2.71 bits per heavy atom. The number of hydrogen-bond acceptors (Lipinski definition) is 3. The van der Waals surface area contributed by atoms with E-state index in [1.54, 1.807) is 10.9 Å². The first-order valence-corrected chi connectivity index (χ1v) is 6.44. The van der Waals surface area contributed by atoms with Crippen molar-refractivity contribution >= 4 is 5.91 Å². The van der Waals surface area contributed by atoms with Gasteiger partial charge in [0.25, 0.3) is 5.92 Å². The molecule has 1 heterocycles. The zero-order chi connectivity index (χ0) is 15.3. The molecule has 0 aliphatic rings. The van der Waals surface area contributed by atoms with Crippen LogP contribution in [0.2, 0.25) is 0 Å². The third kappa shape index (κ3) is 4.35. The number of rotatable bonds is 6. The maximum absolute atomic E-state index is 12.9. The van der Waals surface area contributed by atoms with Crippen LogP contribution in [0.25, 0.3) is 5.69 Å². The molecule has 0 saturated heterocycles. The summed E-state index contributed by atoms with van der Waals surface area (Å²) in [7, 11) is 0. The second-order valence-corrected chi connectivity index (χ2v) is 4.64. The molecule has 0 fully saturated rings. The van der Waals surface area contributed by atoms with Crippen LogP contribution in [0.15, 0.2) is 42.7 Å². The number of carbonyl (C=O) groups excluding carboxylic acids is 1. The fourth-order valence-corrected chi connectivity index (χ4v) is 1.72. The molecule has 1 aromatic heterocycles. The van der Waals surface area contributed by atoms with Crippen LogP contribution in [0, 0.1) is 0 Å². The number of amides is 1. The van der Waals surface area contributed by atoms with Gasteiger partial charge in [-0.2, -0.15) is 5.10 Å². The number of para-hydroxylation sites is 1. The fourth-order valence-electron chi connectivity index (χ4n) is 1.72. The van der Waals surface area contributed by atoms with E-state index in [1.807, 2.05) is 30.3 Å². The van der Waals surface area contributed by atoms with Gasteiger partial charge in [0.1, 0.15) is 0 Å². The van der Waals surface area contributed by atoms with Gasteiger partial charge >= 0.3 is 0 Å². The molecule has 112 valence electrons. The number of carbonyl (C=O) groups is 1. The Bertz CT molecular complexity index is 598. The quantitative estimate of drug-likeness (QED) is 0.838. The minimum atomic E-state index is -3.08. The third-order valence-electron chi connectivity index (χ3n) is 2.86. The lowest BCUT2D eigenvalue weighted by molar-refractivity contribution is -0.122. The summed E-state index contributed by atoms with van der Waals surface area (Å²) in [6.45, 7) is -1.55. The monoisotopic (exact) mass is 294 g/mol. The molecule has 7 heteroatoms. The van der Waals surface area contributed by atoms with Gasteiger partial charge in [0, 0.05) is 6.20 Å². The highest BCUT2D eigenvalue weighted by atomic mass is 19.3. The van der Waals surface area contributed by atoms with E-state index in [2.05, 4.69) is 10.4 Å². The summed E-state index contributed by atoms with van der Waals surface area (Å²) in [6, 6.07) is 9.38. The van der Waals surface area contributed by atoms with Crippen molar-refractivity contribution in [2.24, 2.45) is 5.73 Å². The SMILES string of the molecule is NCC(F)(F)CNC(=O)Cc1cnn(-c2ccccc2)c1. The van der Waals surface area contributed by atoms with Crippen molar-refractivity contribution in [2.75, 3.05) is 13.1 Å². The minimum absolute atomic E-state index is 0.00646. The molecule has 21 heavy (non-hydrogen) atoms. The van der Waals surface area contributed by atoms with Gasteiger partial charge in [-0.1, -0.05) is 18.2 Å². The van der Waals surface area contributed by atoms with Crippen LogP contribution < -0.4 is 11.1 Å². The molecule has 0 radical (unpaired) electrons. The standard InChI is InChI=1S/C14H16F2N4O/c15-14(16,9-17)10-18-13(21)6-11-7-19-20(8-11)12-4-2-1-3-5-12/h1-5,7-8H,6,9-10,17H2,(H,18,21). The molecular formula is C14H16F2N4O. The number of nitrogens with zero attached hydrogens (tertiary/aromatic N) is 2. The van der Waals surface area contributed by atoms with Crippen molar-refractivity contribution < 1.29 is 13.6 Å². The van der Waals surface area contributed by atoms with E-state index in [4.69, 9.17) is 5.73 Å². The predicted molar refractivity (Wildman–Crippen MR) is 74.3 cm³/mol. The molecule has 0 saturated carbocycles. The minimum Gasteiger partial charge on any atom is -0.350 e. The zero-order valence-electron chi connectivity index (χ0n) is 11.3.